The van der Waals surface area contributed by atoms with Crippen LogP contribution in [0.1, 0.15) is 29.0 Å². The van der Waals surface area contributed by atoms with E-state index in [1.165, 1.54) is 18.2 Å². The van der Waals surface area contributed by atoms with Crippen molar-refractivity contribution in [1.82, 2.24) is 4.90 Å². The van der Waals surface area contributed by atoms with E-state index in [0.29, 0.717) is 25.1 Å². The monoisotopic (exact) mass is 498 g/mol. The fourth-order valence-electron chi connectivity index (χ4n) is 4.89. The van der Waals surface area contributed by atoms with Crippen LogP contribution < -0.4 is 10.5 Å². The molecule has 1 heterocycles. The lowest BCUT2D eigenvalue weighted by molar-refractivity contribution is -0.274. The number of benzene rings is 3. The normalized spacial score (nSPS) is 18.3. The van der Waals surface area contributed by atoms with Crippen molar-refractivity contribution in [2.45, 2.75) is 31.4 Å². The van der Waals surface area contributed by atoms with Gasteiger partial charge in [-0.3, -0.25) is 4.79 Å². The lowest BCUT2D eigenvalue weighted by atomic mass is 9.75. The molecule has 190 valence electrons. The Balaban J connectivity index is 1.61. The summed E-state index contributed by atoms with van der Waals surface area (Å²) >= 11 is 0. The molecule has 0 spiro atoms. The first-order chi connectivity index (χ1) is 17.3. The summed E-state index contributed by atoms with van der Waals surface area (Å²) in [5.41, 5.74) is 8.44. The van der Waals surface area contributed by atoms with Crippen LogP contribution in [-0.2, 0) is 16.1 Å². The number of rotatable bonds is 8. The van der Waals surface area contributed by atoms with Crippen molar-refractivity contribution in [2.75, 3.05) is 19.6 Å². The van der Waals surface area contributed by atoms with Gasteiger partial charge in [-0.1, -0.05) is 72.8 Å². The zero-order valence-corrected chi connectivity index (χ0v) is 19.7. The van der Waals surface area contributed by atoms with E-state index in [9.17, 15) is 18.0 Å². The maximum absolute atomic E-state index is 12.6. The molecule has 1 amide bonds. The highest BCUT2D eigenvalue weighted by atomic mass is 19.4. The molecule has 0 bridgehead atoms. The standard InChI is InChI=1S/C28H29F3N2O3/c29-28(30,31)36-23-13-7-8-20(16-23)19-35-25-14-15-33(26(34)17-32)18-24(25)27(21-9-3-1-4-10-21)22-11-5-2-6-12-22/h1-13,16,24-25,27H,14-15,17-19,32H2. The summed E-state index contributed by atoms with van der Waals surface area (Å²) in [6, 6.07) is 25.9. The molecule has 3 aromatic carbocycles. The second-order valence-corrected chi connectivity index (χ2v) is 8.84. The third-order valence-corrected chi connectivity index (χ3v) is 6.46. The molecule has 0 radical (unpaired) electrons. The van der Waals surface area contributed by atoms with Gasteiger partial charge in [-0.05, 0) is 35.2 Å². The van der Waals surface area contributed by atoms with Crippen LogP contribution >= 0.6 is 0 Å². The Labute approximate surface area is 208 Å². The quantitative estimate of drug-likeness (QED) is 0.469. The summed E-state index contributed by atoms with van der Waals surface area (Å²) < 4.78 is 48.3. The summed E-state index contributed by atoms with van der Waals surface area (Å²) in [5.74, 6) is -0.537. The predicted octanol–water partition coefficient (Wildman–Crippen LogP) is 5.11. The minimum Gasteiger partial charge on any atom is -0.406 e. The molecule has 2 unspecified atom stereocenters. The average molecular weight is 499 g/mol. The summed E-state index contributed by atoms with van der Waals surface area (Å²) in [6.45, 7) is 1.03. The molecule has 5 nitrogen and oxygen atoms in total. The van der Waals surface area contributed by atoms with Crippen molar-refractivity contribution in [2.24, 2.45) is 11.7 Å². The van der Waals surface area contributed by atoms with Crippen LogP contribution in [0.15, 0.2) is 84.9 Å². The van der Waals surface area contributed by atoms with E-state index in [1.807, 2.05) is 36.4 Å². The van der Waals surface area contributed by atoms with Crippen LogP contribution in [0.25, 0.3) is 0 Å². The van der Waals surface area contributed by atoms with Gasteiger partial charge in [0, 0.05) is 24.9 Å². The summed E-state index contributed by atoms with van der Waals surface area (Å²) in [6.07, 6.45) is -4.40. The molecule has 0 aromatic heterocycles. The van der Waals surface area contributed by atoms with Crippen molar-refractivity contribution < 1.29 is 27.4 Å². The number of piperidine rings is 1. The van der Waals surface area contributed by atoms with Gasteiger partial charge in [0.2, 0.25) is 5.91 Å². The van der Waals surface area contributed by atoms with E-state index < -0.39 is 6.36 Å². The number of likely N-dealkylation sites (tertiary alicyclic amines) is 1. The van der Waals surface area contributed by atoms with Crippen LogP contribution in [0.5, 0.6) is 5.75 Å². The number of hydrogen-bond donors (Lipinski definition) is 1. The number of halogens is 3. The van der Waals surface area contributed by atoms with Crippen LogP contribution in [0.4, 0.5) is 13.2 Å². The maximum Gasteiger partial charge on any atom is 0.573 e. The highest BCUT2D eigenvalue weighted by molar-refractivity contribution is 5.78. The molecular weight excluding hydrogens is 469 g/mol. The summed E-state index contributed by atoms with van der Waals surface area (Å²) in [4.78, 5) is 14.3. The highest BCUT2D eigenvalue weighted by Crippen LogP contribution is 2.39. The fraction of sp³-hybridized carbons (Fsp3) is 0.321. The maximum atomic E-state index is 12.6. The Morgan fingerprint density at radius 3 is 2.19 bits per heavy atom. The number of hydrogen-bond acceptors (Lipinski definition) is 4. The predicted molar refractivity (Wildman–Crippen MR) is 130 cm³/mol. The van der Waals surface area contributed by atoms with Crippen molar-refractivity contribution in [1.29, 1.82) is 0 Å². The molecule has 8 heteroatoms. The zero-order valence-electron chi connectivity index (χ0n) is 19.7. The lowest BCUT2D eigenvalue weighted by Crippen LogP contribution is -2.50. The Hall–Kier alpha value is -3.36. The summed E-state index contributed by atoms with van der Waals surface area (Å²) in [7, 11) is 0. The molecule has 2 atom stereocenters. The van der Waals surface area contributed by atoms with Gasteiger partial charge in [0.05, 0.1) is 19.3 Å². The van der Waals surface area contributed by atoms with Crippen molar-refractivity contribution in [3.05, 3.63) is 102 Å². The molecule has 0 saturated carbocycles. The highest BCUT2D eigenvalue weighted by Gasteiger charge is 2.38. The number of nitrogens with two attached hydrogens (primary N) is 1. The largest absolute Gasteiger partial charge is 0.573 e. The molecule has 1 aliphatic rings. The molecule has 4 rings (SSSR count). The van der Waals surface area contributed by atoms with Gasteiger partial charge in [0.15, 0.2) is 0 Å². The number of carbonyl (C=O) groups excluding carboxylic acids is 1. The van der Waals surface area contributed by atoms with Crippen molar-refractivity contribution >= 4 is 5.91 Å². The third-order valence-electron chi connectivity index (χ3n) is 6.46. The molecule has 36 heavy (non-hydrogen) atoms. The first kappa shape index (κ1) is 25.7. The minimum absolute atomic E-state index is 0.0503. The Kier molecular flexibility index (Phi) is 8.28. The lowest BCUT2D eigenvalue weighted by Gasteiger charge is -2.42. The minimum atomic E-state index is -4.76. The van der Waals surface area contributed by atoms with E-state index in [1.54, 1.807) is 11.0 Å². The molecule has 3 aromatic rings. The van der Waals surface area contributed by atoms with Crippen LogP contribution in [-0.4, -0.2) is 42.9 Å². The molecule has 2 N–H and O–H groups in total. The van der Waals surface area contributed by atoms with Gasteiger partial charge < -0.3 is 20.1 Å². The second kappa shape index (κ2) is 11.6. The van der Waals surface area contributed by atoms with Crippen LogP contribution in [0, 0.1) is 5.92 Å². The topological polar surface area (TPSA) is 64.8 Å². The number of alkyl halides is 3. The van der Waals surface area contributed by atoms with Crippen molar-refractivity contribution in [3.63, 3.8) is 0 Å². The SMILES string of the molecule is NCC(=O)N1CCC(OCc2cccc(OC(F)(F)F)c2)C(C(c2ccccc2)c2ccccc2)C1. The number of amides is 1. The average Bonchev–Trinajstić information content (AvgIpc) is 2.88. The van der Waals surface area contributed by atoms with Crippen LogP contribution in [0.2, 0.25) is 0 Å². The van der Waals surface area contributed by atoms with Gasteiger partial charge >= 0.3 is 6.36 Å². The smallest absolute Gasteiger partial charge is 0.406 e. The van der Waals surface area contributed by atoms with Gasteiger partial charge in [0.25, 0.3) is 0 Å². The van der Waals surface area contributed by atoms with Gasteiger partial charge in [-0.25, -0.2) is 0 Å². The van der Waals surface area contributed by atoms with Crippen molar-refractivity contribution in [3.8, 4) is 5.75 Å². The molecule has 0 aliphatic carbocycles. The molecule has 1 aliphatic heterocycles. The first-order valence-electron chi connectivity index (χ1n) is 11.9. The second-order valence-electron chi connectivity index (χ2n) is 8.84. The summed E-state index contributed by atoms with van der Waals surface area (Å²) in [5, 5.41) is 0. The van der Waals surface area contributed by atoms with E-state index in [0.717, 1.165) is 11.1 Å². The molecular formula is C28H29F3N2O3. The van der Waals surface area contributed by atoms with Gasteiger partial charge in [-0.15, -0.1) is 13.2 Å². The van der Waals surface area contributed by atoms with E-state index in [4.69, 9.17) is 10.5 Å². The number of ether oxygens (including phenoxy) is 2. The Bertz CT molecular complexity index is 1090. The molecule has 1 saturated heterocycles. The third kappa shape index (κ3) is 6.65. The number of carbonyl (C=O) groups is 1. The van der Waals surface area contributed by atoms with E-state index in [2.05, 4.69) is 29.0 Å². The van der Waals surface area contributed by atoms with Crippen LogP contribution in [0.3, 0.4) is 0 Å². The van der Waals surface area contributed by atoms with E-state index >= 15 is 0 Å². The number of nitrogens with zero attached hydrogens (tertiary/aromatic N) is 1. The zero-order chi connectivity index (χ0) is 25.5. The first-order valence-corrected chi connectivity index (χ1v) is 11.9. The van der Waals surface area contributed by atoms with Gasteiger partial charge in [-0.2, -0.15) is 0 Å². The Morgan fingerprint density at radius 1 is 0.972 bits per heavy atom. The fourth-order valence-corrected chi connectivity index (χ4v) is 4.89. The van der Waals surface area contributed by atoms with E-state index in [-0.39, 0.29) is 42.7 Å². The van der Waals surface area contributed by atoms with Gasteiger partial charge in [0.1, 0.15) is 5.75 Å². The molecule has 1 fully saturated rings. The Morgan fingerprint density at radius 2 is 1.61 bits per heavy atom.